The van der Waals surface area contributed by atoms with Crippen LogP contribution in [-0.4, -0.2) is 53.2 Å². The number of aryl methyl sites for hydroxylation is 1. The van der Waals surface area contributed by atoms with E-state index in [0.717, 1.165) is 28.2 Å². The highest BCUT2D eigenvalue weighted by Gasteiger charge is 2.20. The van der Waals surface area contributed by atoms with Crippen LogP contribution in [0.25, 0.3) is 16.9 Å². The molecule has 0 atom stereocenters. The average molecular weight is 445 g/mol. The number of carbonyl (C=O) groups excluding carboxylic acids is 1. The van der Waals surface area contributed by atoms with Gasteiger partial charge in [0.1, 0.15) is 0 Å². The lowest BCUT2D eigenvalue weighted by Crippen LogP contribution is -2.30. The molecule has 4 rings (SSSR count). The first-order valence-corrected chi connectivity index (χ1v) is 10.9. The van der Waals surface area contributed by atoms with Gasteiger partial charge in [-0.2, -0.15) is 5.10 Å². The van der Waals surface area contributed by atoms with Crippen LogP contribution in [0.2, 0.25) is 0 Å². The molecule has 0 radical (unpaired) electrons. The number of rotatable bonds is 8. The van der Waals surface area contributed by atoms with Crippen LogP contribution in [0.4, 0.5) is 0 Å². The van der Waals surface area contributed by atoms with Crippen molar-refractivity contribution in [1.82, 2.24) is 19.5 Å². The first-order valence-electron chi connectivity index (χ1n) is 10.9. The molecule has 2 aromatic heterocycles. The summed E-state index contributed by atoms with van der Waals surface area (Å²) in [6.45, 7) is 2.59. The monoisotopic (exact) mass is 444 g/mol. The summed E-state index contributed by atoms with van der Waals surface area (Å²) >= 11 is 0. The molecule has 0 saturated heterocycles. The van der Waals surface area contributed by atoms with Crippen LogP contribution in [0.15, 0.2) is 60.8 Å². The molecule has 1 amide bonds. The van der Waals surface area contributed by atoms with Gasteiger partial charge < -0.3 is 14.4 Å². The maximum atomic E-state index is 13.3. The molecule has 0 fully saturated rings. The third kappa shape index (κ3) is 4.53. The molecule has 0 N–H and O–H groups in total. The Morgan fingerprint density at radius 2 is 1.79 bits per heavy atom. The highest BCUT2D eigenvalue weighted by Crippen LogP contribution is 2.28. The van der Waals surface area contributed by atoms with Gasteiger partial charge in [-0.1, -0.05) is 43.3 Å². The Labute approximate surface area is 193 Å². The van der Waals surface area contributed by atoms with Crippen LogP contribution in [0.3, 0.4) is 0 Å². The van der Waals surface area contributed by atoms with E-state index in [1.807, 2.05) is 68.6 Å². The molecule has 170 valence electrons. The van der Waals surface area contributed by atoms with E-state index in [1.54, 1.807) is 29.8 Å². The zero-order chi connectivity index (χ0) is 23.4. The summed E-state index contributed by atoms with van der Waals surface area (Å²) in [6, 6.07) is 17.7. The minimum Gasteiger partial charge on any atom is -0.493 e. The van der Waals surface area contributed by atoms with Crippen LogP contribution in [-0.2, 0) is 12.8 Å². The Bertz CT molecular complexity index is 1270. The van der Waals surface area contributed by atoms with Crippen molar-refractivity contribution >= 4 is 11.6 Å². The number of benzene rings is 2. The standard InChI is InChI=1S/C26H28N4O3/c1-5-22-20(17-27-25-16-21(28-30(22)25)19-9-7-6-8-10-19)26(31)29(2)14-13-18-11-12-23(32-3)24(15-18)33-4/h6-12,15-17H,5,13-14H2,1-4H3. The van der Waals surface area contributed by atoms with E-state index in [2.05, 4.69) is 4.98 Å². The number of aromatic nitrogens is 3. The second kappa shape index (κ2) is 9.73. The zero-order valence-corrected chi connectivity index (χ0v) is 19.4. The molecule has 0 unspecified atom stereocenters. The molecule has 0 spiro atoms. The van der Waals surface area contributed by atoms with Gasteiger partial charge in [-0.3, -0.25) is 4.79 Å². The van der Waals surface area contributed by atoms with Gasteiger partial charge in [0.05, 0.1) is 31.2 Å². The highest BCUT2D eigenvalue weighted by atomic mass is 16.5. The highest BCUT2D eigenvalue weighted by molar-refractivity contribution is 5.95. The van der Waals surface area contributed by atoms with Gasteiger partial charge in [0.25, 0.3) is 5.91 Å². The topological polar surface area (TPSA) is 69.0 Å². The Kier molecular flexibility index (Phi) is 6.58. The van der Waals surface area contributed by atoms with Crippen molar-refractivity contribution in [3.05, 3.63) is 77.6 Å². The molecule has 7 heteroatoms. The van der Waals surface area contributed by atoms with Crippen LogP contribution in [0.5, 0.6) is 11.5 Å². The lowest BCUT2D eigenvalue weighted by molar-refractivity contribution is 0.0794. The second-order valence-electron chi connectivity index (χ2n) is 7.80. The number of amides is 1. The van der Waals surface area contributed by atoms with E-state index >= 15 is 0 Å². The Hall–Kier alpha value is -3.87. The molecule has 0 saturated carbocycles. The van der Waals surface area contributed by atoms with Crippen molar-refractivity contribution in [2.75, 3.05) is 27.8 Å². The summed E-state index contributed by atoms with van der Waals surface area (Å²) < 4.78 is 12.5. The van der Waals surface area contributed by atoms with Gasteiger partial charge >= 0.3 is 0 Å². The van der Waals surface area contributed by atoms with Crippen LogP contribution < -0.4 is 9.47 Å². The quantitative estimate of drug-likeness (QED) is 0.406. The van der Waals surface area contributed by atoms with Crippen molar-refractivity contribution in [2.24, 2.45) is 0 Å². The van der Waals surface area contributed by atoms with E-state index in [9.17, 15) is 4.79 Å². The van der Waals surface area contributed by atoms with Crippen LogP contribution in [0.1, 0.15) is 28.5 Å². The average Bonchev–Trinajstić information content (AvgIpc) is 3.31. The zero-order valence-electron chi connectivity index (χ0n) is 19.4. The number of carbonyl (C=O) groups is 1. The molecule has 2 heterocycles. The van der Waals surface area contributed by atoms with Crippen LogP contribution in [0, 0.1) is 0 Å². The summed E-state index contributed by atoms with van der Waals surface area (Å²) in [7, 11) is 5.04. The Morgan fingerprint density at radius 1 is 1.03 bits per heavy atom. The molecular weight excluding hydrogens is 416 g/mol. The van der Waals surface area contributed by atoms with Gasteiger partial charge in [0.2, 0.25) is 0 Å². The lowest BCUT2D eigenvalue weighted by atomic mass is 10.1. The van der Waals surface area contributed by atoms with Gasteiger partial charge in [-0.25, -0.2) is 9.50 Å². The van der Waals surface area contributed by atoms with E-state index in [1.165, 1.54) is 0 Å². The Morgan fingerprint density at radius 3 is 2.48 bits per heavy atom. The smallest absolute Gasteiger partial charge is 0.257 e. The molecule has 0 bridgehead atoms. The van der Waals surface area contributed by atoms with E-state index in [4.69, 9.17) is 14.6 Å². The van der Waals surface area contributed by atoms with E-state index < -0.39 is 0 Å². The fraction of sp³-hybridized carbons (Fsp3) is 0.269. The maximum Gasteiger partial charge on any atom is 0.257 e. The summed E-state index contributed by atoms with van der Waals surface area (Å²) in [5.41, 5.74) is 5.08. The van der Waals surface area contributed by atoms with Gasteiger partial charge in [-0.15, -0.1) is 0 Å². The summed E-state index contributed by atoms with van der Waals surface area (Å²) in [5, 5.41) is 4.74. The number of nitrogens with zero attached hydrogens (tertiary/aromatic N) is 4. The van der Waals surface area contributed by atoms with Gasteiger partial charge in [0, 0.05) is 31.4 Å². The number of likely N-dealkylation sites (N-methyl/N-ethyl adjacent to an activating group) is 1. The molecule has 0 aliphatic carbocycles. The number of hydrogen-bond acceptors (Lipinski definition) is 5. The van der Waals surface area contributed by atoms with Crippen molar-refractivity contribution in [3.8, 4) is 22.8 Å². The number of ether oxygens (including phenoxy) is 2. The van der Waals surface area contributed by atoms with Crippen LogP contribution >= 0.6 is 0 Å². The normalized spacial score (nSPS) is 10.9. The summed E-state index contributed by atoms with van der Waals surface area (Å²) in [4.78, 5) is 19.5. The number of hydrogen-bond donors (Lipinski definition) is 0. The second-order valence-corrected chi connectivity index (χ2v) is 7.80. The minimum atomic E-state index is -0.0708. The molecule has 0 aliphatic heterocycles. The van der Waals surface area contributed by atoms with Crippen molar-refractivity contribution in [2.45, 2.75) is 19.8 Å². The first kappa shape index (κ1) is 22.3. The summed E-state index contributed by atoms with van der Waals surface area (Å²) in [5.74, 6) is 1.30. The maximum absolute atomic E-state index is 13.3. The predicted molar refractivity (Wildman–Crippen MR) is 128 cm³/mol. The van der Waals surface area contributed by atoms with Gasteiger partial charge in [-0.05, 0) is 30.5 Å². The predicted octanol–water partition coefficient (Wildman–Crippen LogP) is 4.29. The van der Waals surface area contributed by atoms with E-state index in [0.29, 0.717) is 36.4 Å². The molecule has 33 heavy (non-hydrogen) atoms. The SMILES string of the molecule is CCc1c(C(=O)N(C)CCc2ccc(OC)c(OC)c2)cnc2cc(-c3ccccc3)nn12. The molecule has 0 aliphatic rings. The molecule has 2 aromatic carbocycles. The fourth-order valence-corrected chi connectivity index (χ4v) is 3.89. The van der Waals surface area contributed by atoms with Crippen molar-refractivity contribution < 1.29 is 14.3 Å². The molecular formula is C26H28N4O3. The third-order valence-corrected chi connectivity index (χ3v) is 5.75. The minimum absolute atomic E-state index is 0.0708. The number of methoxy groups -OCH3 is 2. The Balaban J connectivity index is 1.55. The largest absolute Gasteiger partial charge is 0.493 e. The third-order valence-electron chi connectivity index (χ3n) is 5.75. The lowest BCUT2D eigenvalue weighted by Gasteiger charge is -2.19. The fourth-order valence-electron chi connectivity index (χ4n) is 3.89. The molecule has 4 aromatic rings. The van der Waals surface area contributed by atoms with Crippen molar-refractivity contribution in [1.29, 1.82) is 0 Å². The number of fused-ring (bicyclic) bond motifs is 1. The first-order chi connectivity index (χ1) is 16.0. The van der Waals surface area contributed by atoms with Gasteiger partial charge in [0.15, 0.2) is 17.1 Å². The molecule has 7 nitrogen and oxygen atoms in total. The van der Waals surface area contributed by atoms with Crippen molar-refractivity contribution in [3.63, 3.8) is 0 Å². The summed E-state index contributed by atoms with van der Waals surface area (Å²) in [6.07, 6.45) is 3.03. The van der Waals surface area contributed by atoms with E-state index in [-0.39, 0.29) is 5.91 Å².